The van der Waals surface area contributed by atoms with Gasteiger partial charge in [0.15, 0.2) is 15.9 Å². The van der Waals surface area contributed by atoms with Crippen LogP contribution in [0.3, 0.4) is 0 Å². The standard InChI is InChI=1S/C16H22N2O6S/c1-10(2)17-16(21)18-14(19)11(3)24-15(20)13-7-5-6-12(8-13)9-25(4,22)23/h5-8,10-11H,9H2,1-4H3,(H2,17,18,19,21). The summed E-state index contributed by atoms with van der Waals surface area (Å²) in [7, 11) is -3.24. The summed E-state index contributed by atoms with van der Waals surface area (Å²) in [6, 6.07) is 5.10. The first-order chi connectivity index (χ1) is 11.5. The fourth-order valence-corrected chi connectivity index (χ4v) is 2.67. The zero-order valence-corrected chi connectivity index (χ0v) is 15.3. The predicted molar refractivity (Wildman–Crippen MR) is 91.7 cm³/mol. The molecule has 0 saturated carbocycles. The molecule has 0 aliphatic heterocycles. The Bertz CT molecular complexity index is 758. The number of hydrogen-bond acceptors (Lipinski definition) is 6. The molecule has 0 heterocycles. The molecule has 1 rings (SSSR count). The van der Waals surface area contributed by atoms with Crippen LogP contribution in [0.15, 0.2) is 24.3 Å². The molecule has 0 aromatic heterocycles. The smallest absolute Gasteiger partial charge is 0.338 e. The summed E-state index contributed by atoms with van der Waals surface area (Å²) >= 11 is 0. The Labute approximate surface area is 146 Å². The number of sulfone groups is 1. The minimum atomic E-state index is -3.24. The van der Waals surface area contributed by atoms with E-state index in [9.17, 15) is 22.8 Å². The minimum Gasteiger partial charge on any atom is -0.449 e. The molecule has 0 bridgehead atoms. The average molecular weight is 370 g/mol. The van der Waals surface area contributed by atoms with Crippen molar-refractivity contribution in [3.05, 3.63) is 35.4 Å². The van der Waals surface area contributed by atoms with Crippen LogP contribution < -0.4 is 10.6 Å². The summed E-state index contributed by atoms with van der Waals surface area (Å²) in [5.41, 5.74) is 0.554. The second-order valence-corrected chi connectivity index (χ2v) is 8.08. The molecule has 0 fully saturated rings. The normalized spacial score (nSPS) is 12.4. The van der Waals surface area contributed by atoms with Gasteiger partial charge in [-0.3, -0.25) is 10.1 Å². The number of benzene rings is 1. The van der Waals surface area contributed by atoms with E-state index >= 15 is 0 Å². The van der Waals surface area contributed by atoms with Crippen molar-refractivity contribution in [3.8, 4) is 0 Å². The molecule has 25 heavy (non-hydrogen) atoms. The molecule has 8 nitrogen and oxygen atoms in total. The average Bonchev–Trinajstić information content (AvgIpc) is 2.44. The van der Waals surface area contributed by atoms with Crippen molar-refractivity contribution >= 4 is 27.7 Å². The highest BCUT2D eigenvalue weighted by molar-refractivity contribution is 7.89. The molecule has 3 amide bonds. The van der Waals surface area contributed by atoms with Gasteiger partial charge in [0.1, 0.15) is 0 Å². The van der Waals surface area contributed by atoms with Crippen LogP contribution in [0.4, 0.5) is 4.79 Å². The van der Waals surface area contributed by atoms with Crippen LogP contribution in [0.1, 0.15) is 36.7 Å². The van der Waals surface area contributed by atoms with Crippen LogP contribution >= 0.6 is 0 Å². The number of hydrogen-bond donors (Lipinski definition) is 2. The van der Waals surface area contributed by atoms with Gasteiger partial charge in [-0.15, -0.1) is 0 Å². The SMILES string of the molecule is CC(C)NC(=O)NC(=O)C(C)OC(=O)c1cccc(CS(C)(=O)=O)c1. The summed E-state index contributed by atoms with van der Waals surface area (Å²) in [4.78, 5) is 35.4. The van der Waals surface area contributed by atoms with Crippen molar-refractivity contribution in [2.24, 2.45) is 0 Å². The highest BCUT2D eigenvalue weighted by Crippen LogP contribution is 2.11. The van der Waals surface area contributed by atoms with Crippen LogP contribution in [-0.4, -0.2) is 44.7 Å². The van der Waals surface area contributed by atoms with Gasteiger partial charge in [0.2, 0.25) is 0 Å². The number of amides is 3. The van der Waals surface area contributed by atoms with Crippen LogP contribution in [0.25, 0.3) is 0 Å². The van der Waals surface area contributed by atoms with Crippen LogP contribution in [-0.2, 0) is 25.1 Å². The number of rotatable bonds is 6. The van der Waals surface area contributed by atoms with E-state index in [1.54, 1.807) is 19.9 Å². The zero-order chi connectivity index (χ0) is 19.2. The van der Waals surface area contributed by atoms with Gasteiger partial charge < -0.3 is 10.1 Å². The number of imide groups is 1. The number of esters is 1. The van der Waals surface area contributed by atoms with Gasteiger partial charge in [-0.2, -0.15) is 0 Å². The highest BCUT2D eigenvalue weighted by Gasteiger charge is 2.21. The molecule has 0 aliphatic carbocycles. The van der Waals surface area contributed by atoms with Crippen molar-refractivity contribution < 1.29 is 27.5 Å². The Hall–Kier alpha value is -2.42. The van der Waals surface area contributed by atoms with Gasteiger partial charge in [-0.05, 0) is 38.5 Å². The molecule has 1 aromatic rings. The predicted octanol–water partition coefficient (Wildman–Crippen LogP) is 1.01. The minimum absolute atomic E-state index is 0.118. The summed E-state index contributed by atoms with van der Waals surface area (Å²) < 4.78 is 27.7. The van der Waals surface area contributed by atoms with Crippen LogP contribution in [0.2, 0.25) is 0 Å². The first-order valence-electron chi connectivity index (χ1n) is 7.57. The molecule has 1 atom stereocenters. The fraction of sp³-hybridized carbons (Fsp3) is 0.438. The van der Waals surface area contributed by atoms with E-state index in [-0.39, 0.29) is 17.4 Å². The molecule has 0 aliphatic rings. The lowest BCUT2D eigenvalue weighted by Crippen LogP contribution is -2.46. The zero-order valence-electron chi connectivity index (χ0n) is 14.5. The third-order valence-corrected chi connectivity index (χ3v) is 3.76. The Kier molecular flexibility index (Phi) is 7.10. The van der Waals surface area contributed by atoms with E-state index in [1.165, 1.54) is 25.1 Å². The number of urea groups is 1. The summed E-state index contributed by atoms with van der Waals surface area (Å²) in [6.07, 6.45) is -0.101. The van der Waals surface area contributed by atoms with E-state index in [0.29, 0.717) is 5.56 Å². The van der Waals surface area contributed by atoms with Gasteiger partial charge in [0.25, 0.3) is 5.91 Å². The lowest BCUT2D eigenvalue weighted by molar-refractivity contribution is -0.127. The van der Waals surface area contributed by atoms with Crippen molar-refractivity contribution in [2.45, 2.75) is 38.7 Å². The molecule has 2 N–H and O–H groups in total. The molecule has 138 valence electrons. The maximum absolute atomic E-state index is 12.1. The van der Waals surface area contributed by atoms with Gasteiger partial charge in [-0.1, -0.05) is 12.1 Å². The largest absolute Gasteiger partial charge is 0.449 e. The second-order valence-electron chi connectivity index (χ2n) is 5.94. The number of ether oxygens (including phenoxy) is 1. The van der Waals surface area contributed by atoms with E-state index in [1.807, 2.05) is 0 Å². The molecule has 1 aromatic carbocycles. The van der Waals surface area contributed by atoms with Crippen molar-refractivity contribution in [1.82, 2.24) is 10.6 Å². The Morgan fingerprint density at radius 2 is 1.80 bits per heavy atom. The van der Waals surface area contributed by atoms with Crippen molar-refractivity contribution in [1.29, 1.82) is 0 Å². The molecule has 0 radical (unpaired) electrons. The summed E-state index contributed by atoms with van der Waals surface area (Å²) in [5, 5.41) is 4.54. The first-order valence-corrected chi connectivity index (χ1v) is 9.63. The lowest BCUT2D eigenvalue weighted by atomic mass is 10.1. The molecule has 9 heteroatoms. The van der Waals surface area contributed by atoms with E-state index in [2.05, 4.69) is 10.6 Å². The third-order valence-electron chi connectivity index (χ3n) is 2.90. The van der Waals surface area contributed by atoms with E-state index in [0.717, 1.165) is 6.26 Å². The summed E-state index contributed by atoms with van der Waals surface area (Å²) in [5.74, 6) is -1.76. The second kappa shape index (κ2) is 8.61. The topological polar surface area (TPSA) is 119 Å². The molecule has 0 saturated heterocycles. The van der Waals surface area contributed by atoms with Crippen LogP contribution in [0, 0.1) is 0 Å². The number of carbonyl (C=O) groups excluding carboxylic acids is 3. The summed E-state index contributed by atoms with van der Waals surface area (Å²) in [6.45, 7) is 4.80. The highest BCUT2D eigenvalue weighted by atomic mass is 32.2. The lowest BCUT2D eigenvalue weighted by Gasteiger charge is -2.14. The molecular formula is C16H22N2O6S. The van der Waals surface area contributed by atoms with E-state index < -0.39 is 33.8 Å². The van der Waals surface area contributed by atoms with Crippen molar-refractivity contribution in [2.75, 3.05) is 6.26 Å². The monoisotopic (exact) mass is 370 g/mol. The maximum atomic E-state index is 12.1. The Balaban J connectivity index is 2.70. The molecular weight excluding hydrogens is 348 g/mol. The van der Waals surface area contributed by atoms with E-state index in [4.69, 9.17) is 4.74 Å². The van der Waals surface area contributed by atoms with Gasteiger partial charge in [0, 0.05) is 12.3 Å². The van der Waals surface area contributed by atoms with Gasteiger partial charge in [0.05, 0.1) is 11.3 Å². The van der Waals surface area contributed by atoms with Crippen molar-refractivity contribution in [3.63, 3.8) is 0 Å². The number of carbonyl (C=O) groups is 3. The Morgan fingerprint density at radius 3 is 2.36 bits per heavy atom. The quantitative estimate of drug-likeness (QED) is 0.722. The van der Waals surface area contributed by atoms with Gasteiger partial charge in [-0.25, -0.2) is 18.0 Å². The molecule has 0 spiro atoms. The van der Waals surface area contributed by atoms with Gasteiger partial charge >= 0.3 is 12.0 Å². The Morgan fingerprint density at radius 1 is 1.16 bits per heavy atom. The maximum Gasteiger partial charge on any atom is 0.338 e. The first kappa shape index (κ1) is 20.6. The fourth-order valence-electron chi connectivity index (χ4n) is 1.88. The number of nitrogens with one attached hydrogen (secondary N) is 2. The molecule has 1 unspecified atom stereocenters. The third kappa shape index (κ3) is 7.79. The van der Waals surface area contributed by atoms with Crippen LogP contribution in [0.5, 0.6) is 0 Å².